The smallest absolute Gasteiger partial charge is 0.132 e. The lowest BCUT2D eigenvalue weighted by molar-refractivity contribution is 0.406. The summed E-state index contributed by atoms with van der Waals surface area (Å²) in [5.41, 5.74) is 2.54. The third-order valence-electron chi connectivity index (χ3n) is 2.45. The van der Waals surface area contributed by atoms with Crippen LogP contribution in [-0.4, -0.2) is 12.0 Å². The number of hydrogen-bond donors (Lipinski definition) is 0. The Labute approximate surface area is 99.0 Å². The molecule has 16 heavy (non-hydrogen) atoms. The summed E-state index contributed by atoms with van der Waals surface area (Å²) in [7, 11) is 2.02. The summed E-state index contributed by atoms with van der Waals surface area (Å²) in [4.78, 5) is 6.45. The zero-order chi connectivity index (χ0) is 12.3. The molecule has 0 saturated heterocycles. The molecular formula is C14H22N2. The summed E-state index contributed by atoms with van der Waals surface area (Å²) in [6.45, 7) is 12.8. The van der Waals surface area contributed by atoms with Crippen molar-refractivity contribution in [3.05, 3.63) is 36.2 Å². The van der Waals surface area contributed by atoms with E-state index in [1.807, 2.05) is 26.2 Å². The molecule has 0 aliphatic heterocycles. The highest BCUT2D eigenvalue weighted by atomic mass is 15.2. The second-order valence-electron chi connectivity index (χ2n) is 5.56. The molecule has 2 nitrogen and oxygen atoms in total. The third-order valence-corrected chi connectivity index (χ3v) is 2.45. The molecule has 0 unspecified atom stereocenters. The molecular weight excluding hydrogens is 196 g/mol. The lowest BCUT2D eigenvalue weighted by Gasteiger charge is -2.26. The van der Waals surface area contributed by atoms with Crippen LogP contribution in [0.15, 0.2) is 30.6 Å². The average molecular weight is 218 g/mol. The summed E-state index contributed by atoms with van der Waals surface area (Å²) < 4.78 is 0. The SMILES string of the molecule is C=C(CC(C)(C)C)N(C)c1ccc(C)cn1. The molecule has 0 aliphatic carbocycles. The zero-order valence-corrected chi connectivity index (χ0v) is 11.0. The van der Waals surface area contributed by atoms with Gasteiger partial charge in [-0.1, -0.05) is 33.4 Å². The number of rotatable bonds is 3. The van der Waals surface area contributed by atoms with Gasteiger partial charge in [-0.05, 0) is 30.4 Å². The Hall–Kier alpha value is -1.31. The van der Waals surface area contributed by atoms with Gasteiger partial charge in [0.25, 0.3) is 0 Å². The molecule has 1 aromatic heterocycles. The number of allylic oxidation sites excluding steroid dienone is 1. The molecule has 1 heterocycles. The van der Waals surface area contributed by atoms with Gasteiger partial charge >= 0.3 is 0 Å². The summed E-state index contributed by atoms with van der Waals surface area (Å²) in [6, 6.07) is 4.10. The van der Waals surface area contributed by atoms with Gasteiger partial charge in [-0.2, -0.15) is 0 Å². The molecule has 0 spiro atoms. The first-order valence-electron chi connectivity index (χ1n) is 5.64. The van der Waals surface area contributed by atoms with Crippen LogP contribution in [0.2, 0.25) is 0 Å². The van der Waals surface area contributed by atoms with Crippen LogP contribution in [0.4, 0.5) is 5.82 Å². The highest BCUT2D eigenvalue weighted by Gasteiger charge is 2.15. The predicted octanol–water partition coefficient (Wildman–Crippen LogP) is 3.78. The van der Waals surface area contributed by atoms with Gasteiger partial charge < -0.3 is 4.90 Å². The summed E-state index contributed by atoms with van der Waals surface area (Å²) >= 11 is 0. The number of aryl methyl sites for hydroxylation is 1. The molecule has 1 aromatic rings. The molecule has 2 heteroatoms. The normalized spacial score (nSPS) is 11.3. The minimum atomic E-state index is 0.260. The van der Waals surface area contributed by atoms with Crippen molar-refractivity contribution >= 4 is 5.82 Å². The van der Waals surface area contributed by atoms with Gasteiger partial charge in [0.1, 0.15) is 5.82 Å². The first-order chi connectivity index (χ1) is 7.29. The fraction of sp³-hybridized carbons (Fsp3) is 0.500. The van der Waals surface area contributed by atoms with Crippen LogP contribution in [0, 0.1) is 12.3 Å². The van der Waals surface area contributed by atoms with Gasteiger partial charge in [0.2, 0.25) is 0 Å². The lowest BCUT2D eigenvalue weighted by atomic mass is 9.90. The van der Waals surface area contributed by atoms with Crippen molar-refractivity contribution in [3.63, 3.8) is 0 Å². The van der Waals surface area contributed by atoms with Crippen molar-refractivity contribution in [3.8, 4) is 0 Å². The Morgan fingerprint density at radius 3 is 2.44 bits per heavy atom. The van der Waals surface area contributed by atoms with E-state index in [0.29, 0.717) is 0 Å². The molecule has 0 saturated carbocycles. The van der Waals surface area contributed by atoms with Crippen LogP contribution >= 0.6 is 0 Å². The van der Waals surface area contributed by atoms with Crippen LogP contribution in [0.25, 0.3) is 0 Å². The maximum atomic E-state index is 4.39. The van der Waals surface area contributed by atoms with E-state index < -0.39 is 0 Å². The predicted molar refractivity (Wildman–Crippen MR) is 70.6 cm³/mol. The largest absolute Gasteiger partial charge is 0.334 e. The number of aromatic nitrogens is 1. The Bertz CT molecular complexity index is 357. The minimum absolute atomic E-state index is 0.260. The standard InChI is InChI=1S/C14H22N2/c1-11-7-8-13(15-10-11)16(6)12(2)9-14(3,4)5/h7-8,10H,2,9H2,1,3-6H3. The van der Waals surface area contributed by atoms with E-state index in [0.717, 1.165) is 17.9 Å². The minimum Gasteiger partial charge on any atom is -0.334 e. The zero-order valence-electron chi connectivity index (χ0n) is 11.0. The van der Waals surface area contributed by atoms with E-state index in [1.165, 1.54) is 5.56 Å². The van der Waals surface area contributed by atoms with Gasteiger partial charge in [-0.3, -0.25) is 0 Å². The van der Waals surface area contributed by atoms with Crippen LogP contribution in [0.1, 0.15) is 32.8 Å². The second-order valence-corrected chi connectivity index (χ2v) is 5.56. The van der Waals surface area contributed by atoms with Crippen LogP contribution in [0.3, 0.4) is 0 Å². The van der Waals surface area contributed by atoms with E-state index in [9.17, 15) is 0 Å². The topological polar surface area (TPSA) is 16.1 Å². The Balaban J connectivity index is 2.74. The molecule has 1 rings (SSSR count). The summed E-state index contributed by atoms with van der Waals surface area (Å²) in [5, 5.41) is 0. The van der Waals surface area contributed by atoms with Crippen molar-refractivity contribution in [2.45, 2.75) is 34.1 Å². The van der Waals surface area contributed by atoms with Crippen LogP contribution < -0.4 is 4.90 Å². The van der Waals surface area contributed by atoms with Gasteiger partial charge in [-0.25, -0.2) is 4.98 Å². The molecule has 88 valence electrons. The summed E-state index contributed by atoms with van der Waals surface area (Å²) in [5.74, 6) is 0.958. The molecule has 0 bridgehead atoms. The monoisotopic (exact) mass is 218 g/mol. The van der Waals surface area contributed by atoms with Gasteiger partial charge in [0, 0.05) is 18.9 Å². The second kappa shape index (κ2) is 4.69. The van der Waals surface area contributed by atoms with Crippen molar-refractivity contribution in [1.82, 2.24) is 4.98 Å². The fourth-order valence-electron chi connectivity index (χ4n) is 1.55. The Morgan fingerprint density at radius 2 is 2.00 bits per heavy atom. The number of nitrogens with zero attached hydrogens (tertiary/aromatic N) is 2. The molecule has 0 atom stereocenters. The highest BCUT2D eigenvalue weighted by molar-refractivity contribution is 5.44. The van der Waals surface area contributed by atoms with Crippen molar-refractivity contribution in [2.75, 3.05) is 11.9 Å². The van der Waals surface area contributed by atoms with E-state index in [1.54, 1.807) is 0 Å². The Morgan fingerprint density at radius 1 is 1.38 bits per heavy atom. The molecule has 0 aromatic carbocycles. The number of anilines is 1. The lowest BCUT2D eigenvalue weighted by Crippen LogP contribution is -2.21. The maximum absolute atomic E-state index is 4.39. The van der Waals surface area contributed by atoms with Crippen molar-refractivity contribution < 1.29 is 0 Å². The summed E-state index contributed by atoms with van der Waals surface area (Å²) in [6.07, 6.45) is 2.86. The number of hydrogen-bond acceptors (Lipinski definition) is 2. The maximum Gasteiger partial charge on any atom is 0.132 e. The van der Waals surface area contributed by atoms with E-state index in [-0.39, 0.29) is 5.41 Å². The number of pyridine rings is 1. The van der Waals surface area contributed by atoms with Gasteiger partial charge in [0.05, 0.1) is 0 Å². The third kappa shape index (κ3) is 3.69. The molecule has 0 radical (unpaired) electrons. The molecule has 0 aliphatic rings. The van der Waals surface area contributed by atoms with E-state index in [2.05, 4.69) is 43.3 Å². The van der Waals surface area contributed by atoms with E-state index >= 15 is 0 Å². The quantitative estimate of drug-likeness (QED) is 0.767. The van der Waals surface area contributed by atoms with Crippen LogP contribution in [-0.2, 0) is 0 Å². The Kier molecular flexibility index (Phi) is 3.74. The highest BCUT2D eigenvalue weighted by Crippen LogP contribution is 2.26. The first-order valence-corrected chi connectivity index (χ1v) is 5.64. The fourth-order valence-corrected chi connectivity index (χ4v) is 1.55. The average Bonchev–Trinajstić information content (AvgIpc) is 2.15. The van der Waals surface area contributed by atoms with Crippen molar-refractivity contribution in [2.24, 2.45) is 5.41 Å². The molecule has 0 amide bonds. The van der Waals surface area contributed by atoms with E-state index in [4.69, 9.17) is 0 Å². The molecule has 0 N–H and O–H groups in total. The first kappa shape index (κ1) is 12.8. The molecule has 0 fully saturated rings. The van der Waals surface area contributed by atoms with Crippen LogP contribution in [0.5, 0.6) is 0 Å². The van der Waals surface area contributed by atoms with Gasteiger partial charge in [-0.15, -0.1) is 0 Å². The van der Waals surface area contributed by atoms with Crippen molar-refractivity contribution in [1.29, 1.82) is 0 Å². The van der Waals surface area contributed by atoms with Gasteiger partial charge in [0.15, 0.2) is 0 Å².